The number of sulfonamides is 1. The topological polar surface area (TPSA) is 109 Å². The van der Waals surface area contributed by atoms with Gasteiger partial charge in [-0.25, -0.2) is 8.42 Å². The first kappa shape index (κ1) is 21.0. The Hall–Kier alpha value is -2.23. The molecule has 0 aliphatic carbocycles. The number of hydrogen-bond donors (Lipinski definition) is 2. The number of nitrogens with zero attached hydrogens (tertiary/aromatic N) is 1. The van der Waals surface area contributed by atoms with E-state index in [0.717, 1.165) is 25.7 Å². The van der Waals surface area contributed by atoms with E-state index in [9.17, 15) is 18.0 Å². The van der Waals surface area contributed by atoms with Crippen molar-refractivity contribution < 1.29 is 17.9 Å². The molecular formula is C21H27N3O5S. The van der Waals surface area contributed by atoms with E-state index >= 15 is 0 Å². The first-order chi connectivity index (χ1) is 14.3. The van der Waals surface area contributed by atoms with Crippen LogP contribution in [-0.2, 0) is 14.8 Å². The fourth-order valence-corrected chi connectivity index (χ4v) is 5.83. The van der Waals surface area contributed by atoms with Crippen LogP contribution in [0.4, 0.5) is 0 Å². The van der Waals surface area contributed by atoms with Gasteiger partial charge >= 0.3 is 0 Å². The number of pyridine rings is 1. The molecule has 0 bridgehead atoms. The molecule has 2 fully saturated rings. The van der Waals surface area contributed by atoms with Crippen molar-refractivity contribution in [2.24, 2.45) is 5.92 Å². The van der Waals surface area contributed by atoms with Gasteiger partial charge in [-0.2, -0.15) is 4.31 Å². The third-order valence-electron chi connectivity index (χ3n) is 5.83. The van der Waals surface area contributed by atoms with Crippen LogP contribution < -0.4 is 10.9 Å². The average molecular weight is 434 g/mol. The Bertz CT molecular complexity index is 1110. The maximum Gasteiger partial charge on any atom is 0.252 e. The lowest BCUT2D eigenvalue weighted by Gasteiger charge is -2.30. The van der Waals surface area contributed by atoms with Crippen molar-refractivity contribution in [1.82, 2.24) is 14.6 Å². The van der Waals surface area contributed by atoms with Gasteiger partial charge in [-0.05, 0) is 49.8 Å². The Labute approximate surface area is 175 Å². The number of nitrogens with one attached hydrogen (secondary N) is 2. The van der Waals surface area contributed by atoms with Crippen LogP contribution in [0.5, 0.6) is 0 Å². The number of aromatic nitrogens is 1. The number of rotatable bonds is 5. The SMILES string of the molecule is CC1CCCN(S(=O)(=O)c2ccc3[nH]c(=O)cc(C(=O)NCC4CCCO4)c3c2)C1. The molecule has 1 aromatic carbocycles. The van der Waals surface area contributed by atoms with Crippen molar-refractivity contribution in [3.63, 3.8) is 0 Å². The molecule has 0 saturated carbocycles. The number of piperidine rings is 1. The van der Waals surface area contributed by atoms with E-state index in [4.69, 9.17) is 4.74 Å². The smallest absolute Gasteiger partial charge is 0.252 e. The molecule has 2 unspecified atom stereocenters. The van der Waals surface area contributed by atoms with Gasteiger partial charge in [0.1, 0.15) is 0 Å². The number of fused-ring (bicyclic) bond motifs is 1. The summed E-state index contributed by atoms with van der Waals surface area (Å²) < 4.78 is 33.4. The number of ether oxygens (including phenoxy) is 1. The van der Waals surface area contributed by atoms with Gasteiger partial charge in [-0.15, -0.1) is 0 Å². The molecular weight excluding hydrogens is 406 g/mol. The number of hydrogen-bond acceptors (Lipinski definition) is 5. The predicted octanol–water partition coefficient (Wildman–Crippen LogP) is 1.86. The summed E-state index contributed by atoms with van der Waals surface area (Å²) in [5, 5.41) is 3.22. The van der Waals surface area contributed by atoms with Crippen LogP contribution in [0.15, 0.2) is 34.0 Å². The number of benzene rings is 1. The van der Waals surface area contributed by atoms with Crippen LogP contribution in [0.25, 0.3) is 10.9 Å². The van der Waals surface area contributed by atoms with Crippen molar-refractivity contribution in [2.75, 3.05) is 26.2 Å². The van der Waals surface area contributed by atoms with Crippen molar-refractivity contribution in [2.45, 2.75) is 43.6 Å². The van der Waals surface area contributed by atoms with Crippen molar-refractivity contribution >= 4 is 26.8 Å². The molecule has 9 heteroatoms. The fourth-order valence-electron chi connectivity index (χ4n) is 4.20. The molecule has 4 rings (SSSR count). The van der Waals surface area contributed by atoms with Crippen LogP contribution in [0.1, 0.15) is 43.0 Å². The molecule has 2 aliphatic heterocycles. The van der Waals surface area contributed by atoms with E-state index in [1.54, 1.807) is 6.07 Å². The first-order valence-corrected chi connectivity index (χ1v) is 11.9. The third kappa shape index (κ3) is 4.28. The minimum absolute atomic E-state index is 0.0285. The zero-order valence-corrected chi connectivity index (χ0v) is 17.8. The first-order valence-electron chi connectivity index (χ1n) is 10.4. The van der Waals surface area contributed by atoms with Gasteiger partial charge in [0, 0.05) is 43.2 Å². The van der Waals surface area contributed by atoms with Gasteiger partial charge in [0.25, 0.3) is 5.91 Å². The lowest BCUT2D eigenvalue weighted by atomic mass is 10.0. The summed E-state index contributed by atoms with van der Waals surface area (Å²) in [6.45, 7) is 4.07. The standard InChI is InChI=1S/C21H27N3O5S/c1-14-4-2-8-24(13-14)30(27,28)16-6-7-19-17(10-16)18(11-20(25)23-19)21(26)22-12-15-5-3-9-29-15/h6-7,10-11,14-15H,2-5,8-9,12-13H2,1H3,(H,22,26)(H,23,25). The van der Waals surface area contributed by atoms with Crippen molar-refractivity contribution in [3.8, 4) is 0 Å². The molecule has 2 atom stereocenters. The second-order valence-corrected chi connectivity index (χ2v) is 10.1. The summed E-state index contributed by atoms with van der Waals surface area (Å²) in [5.74, 6) is -0.104. The quantitative estimate of drug-likeness (QED) is 0.748. The summed E-state index contributed by atoms with van der Waals surface area (Å²) in [6.07, 6.45) is 3.66. The third-order valence-corrected chi connectivity index (χ3v) is 7.69. The highest BCUT2D eigenvalue weighted by molar-refractivity contribution is 7.89. The van der Waals surface area contributed by atoms with Gasteiger partial charge in [-0.1, -0.05) is 6.92 Å². The summed E-state index contributed by atoms with van der Waals surface area (Å²) in [5.41, 5.74) is 0.178. The molecule has 1 aromatic heterocycles. The highest BCUT2D eigenvalue weighted by Gasteiger charge is 2.29. The van der Waals surface area contributed by atoms with Gasteiger partial charge in [0.15, 0.2) is 0 Å². The zero-order chi connectivity index (χ0) is 21.3. The Morgan fingerprint density at radius 3 is 2.83 bits per heavy atom. The van der Waals surface area contributed by atoms with E-state index < -0.39 is 21.5 Å². The van der Waals surface area contributed by atoms with Gasteiger partial charge < -0.3 is 15.0 Å². The predicted molar refractivity (Wildman–Crippen MR) is 113 cm³/mol. The number of carbonyl (C=O) groups excluding carboxylic acids is 1. The molecule has 3 heterocycles. The second kappa shape index (κ2) is 8.49. The summed E-state index contributed by atoms with van der Waals surface area (Å²) in [4.78, 5) is 27.6. The second-order valence-electron chi connectivity index (χ2n) is 8.21. The molecule has 1 amide bonds. The normalized spacial score (nSPS) is 23.0. The molecule has 8 nitrogen and oxygen atoms in total. The molecule has 162 valence electrons. The molecule has 0 radical (unpaired) electrons. The van der Waals surface area contributed by atoms with Crippen molar-refractivity contribution in [1.29, 1.82) is 0 Å². The molecule has 2 aromatic rings. The summed E-state index contributed by atoms with van der Waals surface area (Å²) >= 11 is 0. The average Bonchev–Trinajstić information content (AvgIpc) is 3.24. The molecule has 0 spiro atoms. The Morgan fingerprint density at radius 2 is 2.10 bits per heavy atom. The monoisotopic (exact) mass is 433 g/mol. The summed E-state index contributed by atoms with van der Waals surface area (Å²) in [6, 6.07) is 5.74. The minimum Gasteiger partial charge on any atom is -0.376 e. The lowest BCUT2D eigenvalue weighted by Crippen LogP contribution is -2.39. The van der Waals surface area contributed by atoms with Gasteiger partial charge in [0.2, 0.25) is 15.6 Å². The summed E-state index contributed by atoms with van der Waals surface area (Å²) in [7, 11) is -3.67. The number of carbonyl (C=O) groups is 1. The van der Waals surface area contributed by atoms with Crippen LogP contribution >= 0.6 is 0 Å². The van der Waals surface area contributed by atoms with E-state index in [1.807, 2.05) is 6.92 Å². The number of aromatic amines is 1. The molecule has 2 N–H and O–H groups in total. The van der Waals surface area contributed by atoms with Crippen LogP contribution in [0, 0.1) is 5.92 Å². The maximum absolute atomic E-state index is 13.2. The highest BCUT2D eigenvalue weighted by atomic mass is 32.2. The molecule has 30 heavy (non-hydrogen) atoms. The minimum atomic E-state index is -3.67. The van der Waals surface area contributed by atoms with Crippen LogP contribution in [0.3, 0.4) is 0 Å². The molecule has 2 aliphatic rings. The fraction of sp³-hybridized carbons (Fsp3) is 0.524. The van der Waals surface area contributed by atoms with Gasteiger partial charge in [-0.3, -0.25) is 9.59 Å². The van der Waals surface area contributed by atoms with Gasteiger partial charge in [0.05, 0.1) is 16.6 Å². The lowest BCUT2D eigenvalue weighted by molar-refractivity contribution is 0.0859. The van der Waals surface area contributed by atoms with E-state index in [2.05, 4.69) is 10.3 Å². The van der Waals surface area contributed by atoms with Crippen LogP contribution in [0.2, 0.25) is 0 Å². The number of H-pyrrole nitrogens is 1. The van der Waals surface area contributed by atoms with E-state index in [-0.39, 0.29) is 16.6 Å². The maximum atomic E-state index is 13.2. The highest BCUT2D eigenvalue weighted by Crippen LogP contribution is 2.26. The largest absolute Gasteiger partial charge is 0.376 e. The Morgan fingerprint density at radius 1 is 1.27 bits per heavy atom. The zero-order valence-electron chi connectivity index (χ0n) is 17.0. The number of amides is 1. The van der Waals surface area contributed by atoms with Crippen molar-refractivity contribution in [3.05, 3.63) is 40.2 Å². The van der Waals surface area contributed by atoms with E-state index in [0.29, 0.717) is 43.1 Å². The Kier molecular flexibility index (Phi) is 5.95. The molecule has 2 saturated heterocycles. The van der Waals surface area contributed by atoms with Crippen LogP contribution in [-0.4, -0.2) is 56.0 Å². The Balaban J connectivity index is 1.67. The van der Waals surface area contributed by atoms with E-state index in [1.165, 1.54) is 22.5 Å².